The van der Waals surface area contributed by atoms with Crippen molar-refractivity contribution in [2.24, 2.45) is 5.92 Å². The molecule has 232 valence electrons. The highest BCUT2D eigenvalue weighted by molar-refractivity contribution is 5.96. The number of rotatable bonds is 14. The maximum atomic E-state index is 13.6. The van der Waals surface area contributed by atoms with Gasteiger partial charge in [-0.3, -0.25) is 24.2 Å². The molecule has 3 atom stereocenters. The number of carboxylic acid groups (broad SMARTS) is 1. The Labute approximate surface area is 247 Å². The molecule has 0 aliphatic carbocycles. The highest BCUT2D eigenvalue weighted by Crippen LogP contribution is 2.47. The number of unbranched alkanes of at least 4 members (excludes halogenated alkanes) is 2. The maximum absolute atomic E-state index is 13.6. The molecule has 3 aliphatic rings. The third-order valence-electron chi connectivity index (χ3n) is 8.56. The molecular weight excluding hydrogens is 544 g/mol. The van der Waals surface area contributed by atoms with Crippen LogP contribution in [0.25, 0.3) is 0 Å². The predicted molar refractivity (Wildman–Crippen MR) is 154 cm³/mol. The first kappa shape index (κ1) is 31.4. The first-order valence-corrected chi connectivity index (χ1v) is 15.0. The summed E-state index contributed by atoms with van der Waals surface area (Å²) in [5.41, 5.74) is 0.710. The molecule has 3 aliphatic heterocycles. The SMILES string of the molecule is CCCCN(CCCC)C(=O)CN1C[C@H](c2cc(OC)c3c(c2)OCO3)[C@@H](C(=O)O)[C@@H]1CCN1C(=O)CCN(C)C1=O. The number of imide groups is 1. The first-order chi connectivity index (χ1) is 20.2. The number of hydrogen-bond donors (Lipinski definition) is 1. The van der Waals surface area contributed by atoms with E-state index in [1.165, 1.54) is 16.9 Å². The Morgan fingerprint density at radius 3 is 2.48 bits per heavy atom. The van der Waals surface area contributed by atoms with Crippen LogP contribution in [0.15, 0.2) is 12.1 Å². The molecule has 42 heavy (non-hydrogen) atoms. The van der Waals surface area contributed by atoms with E-state index in [2.05, 4.69) is 13.8 Å². The number of fused-ring (bicyclic) bond motifs is 1. The van der Waals surface area contributed by atoms with Gasteiger partial charge in [-0.05, 0) is 37.0 Å². The van der Waals surface area contributed by atoms with Gasteiger partial charge in [0.05, 0.1) is 19.6 Å². The van der Waals surface area contributed by atoms with Crippen molar-refractivity contribution in [3.63, 3.8) is 0 Å². The van der Waals surface area contributed by atoms with Gasteiger partial charge in [-0.1, -0.05) is 26.7 Å². The van der Waals surface area contributed by atoms with Gasteiger partial charge in [0.1, 0.15) is 0 Å². The van der Waals surface area contributed by atoms with Gasteiger partial charge >= 0.3 is 12.0 Å². The number of urea groups is 1. The van der Waals surface area contributed by atoms with Crippen LogP contribution in [-0.2, 0) is 14.4 Å². The van der Waals surface area contributed by atoms with Gasteiger partial charge in [0, 0.05) is 58.2 Å². The molecular formula is C30H44N4O8. The number of ether oxygens (including phenoxy) is 3. The minimum atomic E-state index is -1.00. The number of aliphatic carboxylic acids is 1. The number of nitrogens with zero attached hydrogens (tertiary/aromatic N) is 4. The molecule has 4 rings (SSSR count). The molecule has 12 heteroatoms. The van der Waals surface area contributed by atoms with Gasteiger partial charge in [-0.25, -0.2) is 4.79 Å². The molecule has 1 aromatic rings. The van der Waals surface area contributed by atoms with Crippen molar-refractivity contribution >= 4 is 23.8 Å². The molecule has 0 aromatic heterocycles. The van der Waals surface area contributed by atoms with E-state index in [0.29, 0.717) is 49.0 Å². The number of carbonyl (C=O) groups is 4. The molecule has 12 nitrogen and oxygen atoms in total. The molecule has 0 unspecified atom stereocenters. The molecule has 0 saturated carbocycles. The average molecular weight is 589 g/mol. The number of benzene rings is 1. The lowest BCUT2D eigenvalue weighted by atomic mass is 9.84. The molecule has 2 fully saturated rings. The highest BCUT2D eigenvalue weighted by Gasteiger charge is 2.48. The zero-order chi connectivity index (χ0) is 30.4. The van der Waals surface area contributed by atoms with Crippen LogP contribution in [0.2, 0.25) is 0 Å². The highest BCUT2D eigenvalue weighted by atomic mass is 16.7. The summed E-state index contributed by atoms with van der Waals surface area (Å²) in [4.78, 5) is 58.4. The van der Waals surface area contributed by atoms with E-state index >= 15 is 0 Å². The largest absolute Gasteiger partial charge is 0.493 e. The summed E-state index contributed by atoms with van der Waals surface area (Å²) in [5, 5.41) is 10.5. The fourth-order valence-electron chi connectivity index (χ4n) is 6.18. The lowest BCUT2D eigenvalue weighted by molar-refractivity contribution is -0.144. The van der Waals surface area contributed by atoms with Crippen molar-refractivity contribution < 1.29 is 38.5 Å². The minimum absolute atomic E-state index is 0.0418. The smallest absolute Gasteiger partial charge is 0.326 e. The molecule has 0 bridgehead atoms. The first-order valence-electron chi connectivity index (χ1n) is 15.0. The summed E-state index contributed by atoms with van der Waals surface area (Å²) < 4.78 is 16.7. The summed E-state index contributed by atoms with van der Waals surface area (Å²) in [6.07, 6.45) is 4.16. The van der Waals surface area contributed by atoms with Crippen molar-refractivity contribution in [1.82, 2.24) is 19.6 Å². The zero-order valence-electron chi connectivity index (χ0n) is 25.2. The van der Waals surface area contributed by atoms with E-state index in [0.717, 1.165) is 25.7 Å². The molecule has 4 amide bonds. The molecule has 1 N–H and O–H groups in total. The van der Waals surface area contributed by atoms with Crippen LogP contribution in [0.3, 0.4) is 0 Å². The van der Waals surface area contributed by atoms with E-state index < -0.39 is 23.8 Å². The summed E-state index contributed by atoms with van der Waals surface area (Å²) in [5.74, 6) is -1.28. The van der Waals surface area contributed by atoms with Crippen molar-refractivity contribution in [2.45, 2.75) is 64.3 Å². The molecule has 2 saturated heterocycles. The fraction of sp³-hybridized carbons (Fsp3) is 0.667. The molecule has 0 spiro atoms. The van der Waals surface area contributed by atoms with E-state index in [1.54, 1.807) is 19.2 Å². The van der Waals surface area contributed by atoms with Crippen LogP contribution in [0.1, 0.15) is 63.9 Å². The second kappa shape index (κ2) is 14.1. The number of hydrogen-bond acceptors (Lipinski definition) is 8. The topological polar surface area (TPSA) is 129 Å². The van der Waals surface area contributed by atoms with E-state index in [-0.39, 0.29) is 50.6 Å². The van der Waals surface area contributed by atoms with Crippen LogP contribution in [0.5, 0.6) is 17.2 Å². The fourth-order valence-corrected chi connectivity index (χ4v) is 6.18. The number of carboxylic acids is 1. The second-order valence-electron chi connectivity index (χ2n) is 11.3. The zero-order valence-corrected chi connectivity index (χ0v) is 25.2. The van der Waals surface area contributed by atoms with Crippen LogP contribution >= 0.6 is 0 Å². The average Bonchev–Trinajstić information content (AvgIpc) is 3.59. The van der Waals surface area contributed by atoms with Gasteiger partial charge in [-0.15, -0.1) is 0 Å². The number of methoxy groups -OCH3 is 1. The predicted octanol–water partition coefficient (Wildman–Crippen LogP) is 3.00. The number of carbonyl (C=O) groups excluding carboxylic acids is 3. The lowest BCUT2D eigenvalue weighted by Gasteiger charge is -2.34. The Bertz CT molecular complexity index is 1150. The van der Waals surface area contributed by atoms with Crippen LogP contribution in [0, 0.1) is 5.92 Å². The number of amides is 4. The van der Waals surface area contributed by atoms with Gasteiger partial charge in [-0.2, -0.15) is 0 Å². The minimum Gasteiger partial charge on any atom is -0.493 e. The Kier molecular flexibility index (Phi) is 10.5. The third kappa shape index (κ3) is 6.74. The van der Waals surface area contributed by atoms with E-state index in [1.807, 2.05) is 9.80 Å². The van der Waals surface area contributed by atoms with Gasteiger partial charge in [0.25, 0.3) is 0 Å². The normalized spacial score (nSPS) is 22.1. The van der Waals surface area contributed by atoms with Crippen LogP contribution in [-0.4, -0.2) is 115 Å². The lowest BCUT2D eigenvalue weighted by Crippen LogP contribution is -2.52. The summed E-state index contributed by atoms with van der Waals surface area (Å²) in [6, 6.07) is 2.59. The van der Waals surface area contributed by atoms with Crippen LogP contribution in [0.4, 0.5) is 4.79 Å². The quantitative estimate of drug-likeness (QED) is 0.349. The van der Waals surface area contributed by atoms with E-state index in [9.17, 15) is 24.3 Å². The molecule has 0 radical (unpaired) electrons. The Morgan fingerprint density at radius 1 is 1.12 bits per heavy atom. The standard InChI is InChI=1S/C30H44N4O8/c1-5-7-11-32(12-8-6-2)26(36)18-33-17-21(20-15-23(40-4)28-24(16-20)41-19-42-28)27(29(37)38)22(33)9-14-34-25(35)10-13-31(3)30(34)39/h15-16,21-22,27H,5-14,17-19H2,1-4H3,(H,37,38)/t21-,22+,27-/m1/s1. The van der Waals surface area contributed by atoms with Crippen molar-refractivity contribution in [3.8, 4) is 17.2 Å². The second-order valence-corrected chi connectivity index (χ2v) is 11.3. The maximum Gasteiger partial charge on any atom is 0.326 e. The van der Waals surface area contributed by atoms with Gasteiger partial charge in [0.2, 0.25) is 24.4 Å². The van der Waals surface area contributed by atoms with Gasteiger partial charge < -0.3 is 29.1 Å². The Hall–Kier alpha value is -3.54. The summed E-state index contributed by atoms with van der Waals surface area (Å²) in [6.45, 7) is 6.33. The van der Waals surface area contributed by atoms with Gasteiger partial charge in [0.15, 0.2) is 11.5 Å². The number of likely N-dealkylation sites (tertiary alicyclic amines) is 1. The van der Waals surface area contributed by atoms with Crippen molar-refractivity contribution in [1.29, 1.82) is 0 Å². The Morgan fingerprint density at radius 2 is 1.83 bits per heavy atom. The summed E-state index contributed by atoms with van der Waals surface area (Å²) in [7, 11) is 3.16. The monoisotopic (exact) mass is 588 g/mol. The van der Waals surface area contributed by atoms with E-state index in [4.69, 9.17) is 14.2 Å². The van der Waals surface area contributed by atoms with Crippen LogP contribution < -0.4 is 14.2 Å². The van der Waals surface area contributed by atoms with Crippen molar-refractivity contribution in [3.05, 3.63) is 17.7 Å². The third-order valence-corrected chi connectivity index (χ3v) is 8.56. The molecule has 3 heterocycles. The van der Waals surface area contributed by atoms with Crippen molar-refractivity contribution in [2.75, 3.05) is 60.2 Å². The molecule has 1 aromatic carbocycles. The Balaban J connectivity index is 1.64. The summed E-state index contributed by atoms with van der Waals surface area (Å²) >= 11 is 0.